The summed E-state index contributed by atoms with van der Waals surface area (Å²) < 4.78 is 5.60. The molecule has 0 aliphatic carbocycles. The summed E-state index contributed by atoms with van der Waals surface area (Å²) in [6, 6.07) is 15.2. The van der Waals surface area contributed by atoms with E-state index in [4.69, 9.17) is 9.72 Å². The zero-order valence-electron chi connectivity index (χ0n) is 24.2. The van der Waals surface area contributed by atoms with Crippen molar-refractivity contribution in [3.05, 3.63) is 81.2 Å². The van der Waals surface area contributed by atoms with Gasteiger partial charge in [-0.25, -0.2) is 9.97 Å². The summed E-state index contributed by atoms with van der Waals surface area (Å²) in [6.07, 6.45) is 2.41. The number of benzene rings is 2. The lowest BCUT2D eigenvalue weighted by Gasteiger charge is -2.23. The van der Waals surface area contributed by atoms with E-state index in [-0.39, 0.29) is 17.6 Å². The number of allylic oxidation sites excluding steroid dienone is 1. The molecule has 10 heteroatoms. The fraction of sp³-hybridized carbons (Fsp3) is 0.367. The van der Waals surface area contributed by atoms with Crippen molar-refractivity contribution in [3.8, 4) is 11.8 Å². The van der Waals surface area contributed by atoms with Crippen LogP contribution in [0.3, 0.4) is 0 Å². The van der Waals surface area contributed by atoms with Crippen molar-refractivity contribution in [1.82, 2.24) is 14.9 Å². The van der Waals surface area contributed by atoms with Crippen LogP contribution < -0.4 is 15.0 Å². The topological polar surface area (TPSA) is 120 Å². The first-order valence-electron chi connectivity index (χ1n) is 13.1. The van der Waals surface area contributed by atoms with E-state index in [1.165, 1.54) is 13.2 Å². The van der Waals surface area contributed by atoms with E-state index in [1.54, 1.807) is 18.3 Å². The van der Waals surface area contributed by atoms with Crippen LogP contribution in [0, 0.1) is 34.3 Å². The normalized spacial score (nSPS) is 12.4. The van der Waals surface area contributed by atoms with Crippen LogP contribution in [0.4, 0.5) is 23.0 Å². The van der Waals surface area contributed by atoms with Gasteiger partial charge >= 0.3 is 0 Å². The van der Waals surface area contributed by atoms with E-state index >= 15 is 0 Å². The summed E-state index contributed by atoms with van der Waals surface area (Å²) in [5.41, 5.74) is 4.65. The number of hydrogen-bond donors (Lipinski definition) is 1. The Hall–Kier alpha value is -4.49. The van der Waals surface area contributed by atoms with Gasteiger partial charge in [-0.3, -0.25) is 10.1 Å². The molecule has 3 aromatic rings. The van der Waals surface area contributed by atoms with E-state index in [1.807, 2.05) is 76.0 Å². The second-order valence-electron chi connectivity index (χ2n) is 9.94. The Balaban J connectivity index is 2.11. The van der Waals surface area contributed by atoms with Gasteiger partial charge in [-0.2, -0.15) is 5.26 Å². The minimum Gasteiger partial charge on any atom is -0.494 e. The molecule has 0 bridgehead atoms. The lowest BCUT2D eigenvalue weighted by molar-refractivity contribution is -0.384. The van der Waals surface area contributed by atoms with Crippen LogP contribution in [0.1, 0.15) is 37.1 Å². The highest BCUT2D eigenvalue weighted by Crippen LogP contribution is 2.39. The molecular weight excluding hydrogens is 506 g/mol. The van der Waals surface area contributed by atoms with Crippen molar-refractivity contribution in [3.63, 3.8) is 0 Å². The fourth-order valence-electron chi connectivity index (χ4n) is 4.32. The van der Waals surface area contributed by atoms with Crippen molar-refractivity contribution in [1.29, 1.82) is 5.26 Å². The number of methoxy groups -OCH3 is 1. The molecule has 210 valence electrons. The molecule has 0 amide bonds. The highest BCUT2D eigenvalue weighted by Gasteiger charge is 2.23. The lowest BCUT2D eigenvalue weighted by atomic mass is 9.87. The van der Waals surface area contributed by atoms with Gasteiger partial charge in [0.2, 0.25) is 5.95 Å². The number of nitriles is 1. The number of nitro groups is 1. The molecular formula is C30H37N7O3. The molecule has 0 aliphatic heterocycles. The first-order valence-corrected chi connectivity index (χ1v) is 13.1. The average molecular weight is 544 g/mol. The van der Waals surface area contributed by atoms with Crippen LogP contribution in [-0.4, -0.2) is 61.1 Å². The van der Waals surface area contributed by atoms with Gasteiger partial charge in [0.25, 0.3) is 5.69 Å². The van der Waals surface area contributed by atoms with Crippen molar-refractivity contribution < 1.29 is 9.66 Å². The second kappa shape index (κ2) is 13.5. The van der Waals surface area contributed by atoms with E-state index in [0.29, 0.717) is 34.9 Å². The number of aryl methyl sites for hydroxylation is 1. The number of likely N-dealkylation sites (N-methyl/N-ethyl adjacent to an activating group) is 2. The van der Waals surface area contributed by atoms with Crippen molar-refractivity contribution in [2.45, 2.75) is 27.2 Å². The second-order valence-corrected chi connectivity index (χ2v) is 9.94. The number of nitrogens with zero attached hydrogens (tertiary/aromatic N) is 6. The molecule has 0 saturated carbocycles. The Bertz CT molecular complexity index is 1430. The minimum absolute atomic E-state index is 0.0192. The van der Waals surface area contributed by atoms with Gasteiger partial charge in [0.05, 0.1) is 29.5 Å². The summed E-state index contributed by atoms with van der Waals surface area (Å²) in [7, 11) is 7.23. The number of rotatable bonds is 12. The lowest BCUT2D eigenvalue weighted by Crippen LogP contribution is -2.28. The van der Waals surface area contributed by atoms with E-state index in [0.717, 1.165) is 29.7 Å². The maximum atomic E-state index is 12.0. The number of ether oxygens (including phenoxy) is 1. The first-order chi connectivity index (χ1) is 19.1. The molecule has 1 atom stereocenters. The summed E-state index contributed by atoms with van der Waals surface area (Å²) in [5.74, 6) is 0.662. The Kier molecular flexibility index (Phi) is 10.2. The number of hydrogen-bond acceptors (Lipinski definition) is 9. The number of nitro benzene ring substituents is 1. The highest BCUT2D eigenvalue weighted by molar-refractivity contribution is 5.85. The Morgan fingerprint density at radius 2 is 1.93 bits per heavy atom. The molecule has 1 unspecified atom stereocenters. The third-order valence-electron chi connectivity index (χ3n) is 6.85. The minimum atomic E-state index is -0.409. The maximum absolute atomic E-state index is 12.0. The van der Waals surface area contributed by atoms with E-state index in [2.05, 4.69) is 16.4 Å². The molecule has 0 radical (unpaired) electrons. The smallest absolute Gasteiger partial charge is 0.294 e. The third kappa shape index (κ3) is 6.93. The predicted molar refractivity (Wildman–Crippen MR) is 159 cm³/mol. The van der Waals surface area contributed by atoms with Gasteiger partial charge in [0, 0.05) is 49.6 Å². The number of aromatic nitrogens is 2. The van der Waals surface area contributed by atoms with Gasteiger partial charge in [0.15, 0.2) is 0 Å². The predicted octanol–water partition coefficient (Wildman–Crippen LogP) is 5.81. The van der Waals surface area contributed by atoms with Crippen LogP contribution in [0.25, 0.3) is 5.57 Å². The molecule has 0 fully saturated rings. The number of nitrogens with one attached hydrogen (secondary N) is 1. The first kappa shape index (κ1) is 30.1. The van der Waals surface area contributed by atoms with E-state index < -0.39 is 4.92 Å². The quantitative estimate of drug-likeness (QED) is 0.171. The Labute approximate surface area is 236 Å². The van der Waals surface area contributed by atoms with Gasteiger partial charge in [0.1, 0.15) is 11.4 Å². The molecule has 0 saturated heterocycles. The van der Waals surface area contributed by atoms with Gasteiger partial charge < -0.3 is 19.9 Å². The number of anilines is 3. The third-order valence-corrected chi connectivity index (χ3v) is 6.85. The van der Waals surface area contributed by atoms with Crippen LogP contribution in [0.5, 0.6) is 5.75 Å². The van der Waals surface area contributed by atoms with Gasteiger partial charge in [-0.1, -0.05) is 38.1 Å². The monoisotopic (exact) mass is 543 g/mol. The summed E-state index contributed by atoms with van der Waals surface area (Å²) >= 11 is 0. The van der Waals surface area contributed by atoms with Crippen LogP contribution in [-0.2, 0) is 0 Å². The molecule has 1 N–H and O–H groups in total. The highest BCUT2D eigenvalue weighted by atomic mass is 16.6. The van der Waals surface area contributed by atoms with Crippen LogP contribution in [0.2, 0.25) is 0 Å². The molecule has 3 rings (SSSR count). The summed E-state index contributed by atoms with van der Waals surface area (Å²) in [4.78, 5) is 24.6. The Morgan fingerprint density at radius 1 is 1.20 bits per heavy atom. The average Bonchev–Trinajstić information content (AvgIpc) is 2.94. The van der Waals surface area contributed by atoms with Crippen LogP contribution >= 0.6 is 0 Å². The van der Waals surface area contributed by atoms with Gasteiger partial charge in [-0.15, -0.1) is 0 Å². The van der Waals surface area contributed by atoms with Crippen molar-refractivity contribution in [2.24, 2.45) is 5.92 Å². The summed E-state index contributed by atoms with van der Waals surface area (Å²) in [6.45, 7) is 7.40. The maximum Gasteiger partial charge on any atom is 0.294 e. The summed E-state index contributed by atoms with van der Waals surface area (Å²) in [5, 5.41) is 25.3. The van der Waals surface area contributed by atoms with Crippen molar-refractivity contribution in [2.75, 3.05) is 51.6 Å². The zero-order chi connectivity index (χ0) is 29.4. The molecule has 10 nitrogen and oxygen atoms in total. The molecule has 2 aromatic carbocycles. The standard InChI is InChI=1S/C30H37N7O3/c1-8-20(2)23(19-31)29(22-12-10-9-11-21(22)3)24-13-14-32-30(33-24)34-25-17-27(37(38)39)26(18-28(25)40-7)36(6)16-15-35(4)5/h9-14,17-18,20H,8,15-16H2,1-7H3,(H,32,33,34)/b29-23+. The van der Waals surface area contributed by atoms with Crippen molar-refractivity contribution >= 4 is 28.6 Å². The molecule has 1 aromatic heterocycles. The van der Waals surface area contributed by atoms with E-state index in [9.17, 15) is 15.4 Å². The molecule has 1 heterocycles. The molecule has 40 heavy (non-hydrogen) atoms. The van der Waals surface area contributed by atoms with Crippen LogP contribution in [0.15, 0.2) is 54.2 Å². The molecule has 0 spiro atoms. The van der Waals surface area contributed by atoms with Gasteiger partial charge in [-0.05, 0) is 50.6 Å². The fourth-order valence-corrected chi connectivity index (χ4v) is 4.32. The Morgan fingerprint density at radius 3 is 2.52 bits per heavy atom. The molecule has 0 aliphatic rings. The zero-order valence-corrected chi connectivity index (χ0v) is 24.2. The SMILES string of the molecule is CCC(C)/C(C#N)=C(/c1ccnc(Nc2cc([N+](=O)[O-])c(N(C)CCN(C)C)cc2OC)n1)c1ccccc1C. The largest absolute Gasteiger partial charge is 0.494 e.